The maximum absolute atomic E-state index is 10.7. The van der Waals surface area contributed by atoms with E-state index < -0.39 is 12.1 Å². The lowest BCUT2D eigenvalue weighted by molar-refractivity contribution is -0.144. The summed E-state index contributed by atoms with van der Waals surface area (Å²) in [5.41, 5.74) is 0. The van der Waals surface area contributed by atoms with E-state index in [1.165, 1.54) is 103 Å². The van der Waals surface area contributed by atoms with Gasteiger partial charge < -0.3 is 19.7 Å². The van der Waals surface area contributed by atoms with Gasteiger partial charge in [-0.05, 0) is 12.8 Å². The SMILES string of the molecule is CCCCCCCCCCCC(O)COC(CCCCCCCCCCC)COCC(=O)O. The van der Waals surface area contributed by atoms with Crippen molar-refractivity contribution in [3.8, 4) is 0 Å². The summed E-state index contributed by atoms with van der Waals surface area (Å²) < 4.78 is 11.2. The number of hydrogen-bond acceptors (Lipinski definition) is 4. The maximum atomic E-state index is 10.7. The van der Waals surface area contributed by atoms with Crippen LogP contribution in [-0.4, -0.2) is 48.2 Å². The number of carboxylic acid groups (broad SMARTS) is 1. The van der Waals surface area contributed by atoms with E-state index in [1.807, 2.05) is 0 Å². The molecule has 2 atom stereocenters. The fourth-order valence-corrected chi connectivity index (χ4v) is 4.20. The molecule has 0 radical (unpaired) electrons. The van der Waals surface area contributed by atoms with Crippen LogP contribution in [0.15, 0.2) is 0 Å². The van der Waals surface area contributed by atoms with Gasteiger partial charge in [-0.1, -0.05) is 129 Å². The third-order valence-corrected chi connectivity index (χ3v) is 6.32. The van der Waals surface area contributed by atoms with Crippen LogP contribution < -0.4 is 0 Å². The highest BCUT2D eigenvalue weighted by molar-refractivity contribution is 5.67. The fraction of sp³-hybridized carbons (Fsp3) is 0.964. The molecule has 0 aliphatic rings. The first-order valence-corrected chi connectivity index (χ1v) is 14.2. The molecule has 0 saturated carbocycles. The van der Waals surface area contributed by atoms with Crippen LogP contribution in [0.25, 0.3) is 0 Å². The van der Waals surface area contributed by atoms with Crippen molar-refractivity contribution in [2.45, 2.75) is 154 Å². The number of unbranched alkanes of at least 4 members (excludes halogenated alkanes) is 16. The summed E-state index contributed by atoms with van der Waals surface area (Å²) >= 11 is 0. The predicted molar refractivity (Wildman–Crippen MR) is 138 cm³/mol. The number of aliphatic hydroxyl groups is 1. The molecule has 0 aromatic rings. The molecule has 0 saturated heterocycles. The summed E-state index contributed by atoms with van der Waals surface area (Å²) in [5, 5.41) is 19.1. The van der Waals surface area contributed by atoms with Crippen LogP contribution in [0, 0.1) is 0 Å². The van der Waals surface area contributed by atoms with Gasteiger partial charge in [0.1, 0.15) is 6.61 Å². The van der Waals surface area contributed by atoms with Crippen LogP contribution in [0.2, 0.25) is 0 Å². The summed E-state index contributed by atoms with van der Waals surface area (Å²) in [7, 11) is 0. The van der Waals surface area contributed by atoms with E-state index in [0.29, 0.717) is 6.61 Å². The van der Waals surface area contributed by atoms with E-state index in [1.54, 1.807) is 0 Å². The lowest BCUT2D eigenvalue weighted by Crippen LogP contribution is -2.26. The molecule has 0 spiro atoms. The van der Waals surface area contributed by atoms with Crippen LogP contribution >= 0.6 is 0 Å². The van der Waals surface area contributed by atoms with Crippen molar-refractivity contribution in [3.63, 3.8) is 0 Å². The van der Waals surface area contributed by atoms with E-state index in [9.17, 15) is 9.90 Å². The normalized spacial score (nSPS) is 13.3. The smallest absolute Gasteiger partial charge is 0.329 e. The zero-order valence-electron chi connectivity index (χ0n) is 22.0. The zero-order chi connectivity index (χ0) is 24.4. The first kappa shape index (κ1) is 32.4. The second kappa shape index (κ2) is 26.0. The minimum atomic E-state index is -0.956. The monoisotopic (exact) mass is 472 g/mol. The molecule has 0 heterocycles. The molecule has 5 heteroatoms. The number of rotatable bonds is 27. The van der Waals surface area contributed by atoms with Gasteiger partial charge in [-0.25, -0.2) is 4.79 Å². The minimum Gasteiger partial charge on any atom is -0.480 e. The third kappa shape index (κ3) is 25.8. The van der Waals surface area contributed by atoms with Crippen molar-refractivity contribution < 1.29 is 24.5 Å². The van der Waals surface area contributed by atoms with Crippen molar-refractivity contribution in [2.75, 3.05) is 19.8 Å². The standard InChI is InChI=1S/C28H56O5/c1-3-5-7-9-11-13-15-17-19-21-26(29)23-33-27(24-32-25-28(30)31)22-20-18-16-14-12-10-8-6-4-2/h26-27,29H,3-25H2,1-2H3,(H,30,31). The molecule has 0 aromatic heterocycles. The number of carboxylic acids is 1. The molecule has 0 aliphatic carbocycles. The van der Waals surface area contributed by atoms with Crippen LogP contribution in [0.1, 0.15) is 142 Å². The lowest BCUT2D eigenvalue weighted by Gasteiger charge is -2.20. The van der Waals surface area contributed by atoms with Gasteiger partial charge in [-0.15, -0.1) is 0 Å². The Hall–Kier alpha value is -0.650. The van der Waals surface area contributed by atoms with E-state index in [2.05, 4.69) is 13.8 Å². The Labute approximate surface area is 205 Å². The van der Waals surface area contributed by atoms with Gasteiger partial charge in [-0.3, -0.25) is 0 Å². The topological polar surface area (TPSA) is 76.0 Å². The summed E-state index contributed by atoms with van der Waals surface area (Å²) in [5.74, 6) is -0.956. The van der Waals surface area contributed by atoms with E-state index in [4.69, 9.17) is 14.6 Å². The molecule has 0 amide bonds. The highest BCUT2D eigenvalue weighted by atomic mass is 16.5. The van der Waals surface area contributed by atoms with Crippen molar-refractivity contribution in [3.05, 3.63) is 0 Å². The van der Waals surface area contributed by atoms with Crippen LogP contribution in [0.5, 0.6) is 0 Å². The van der Waals surface area contributed by atoms with Gasteiger partial charge in [0.05, 0.1) is 25.4 Å². The Balaban J connectivity index is 3.87. The maximum Gasteiger partial charge on any atom is 0.329 e. The van der Waals surface area contributed by atoms with E-state index in [0.717, 1.165) is 25.7 Å². The minimum absolute atomic E-state index is 0.133. The Morgan fingerprint density at radius 2 is 1.06 bits per heavy atom. The average Bonchev–Trinajstić information content (AvgIpc) is 2.79. The highest BCUT2D eigenvalue weighted by Crippen LogP contribution is 2.15. The second-order valence-electron chi connectivity index (χ2n) is 9.75. The summed E-state index contributed by atoms with van der Waals surface area (Å²) in [6.45, 7) is 4.80. The zero-order valence-corrected chi connectivity index (χ0v) is 22.0. The summed E-state index contributed by atoms with van der Waals surface area (Å²) in [4.78, 5) is 10.7. The average molecular weight is 473 g/mol. The molecule has 2 N–H and O–H groups in total. The van der Waals surface area contributed by atoms with Crippen molar-refractivity contribution in [2.24, 2.45) is 0 Å². The number of hydrogen-bond donors (Lipinski definition) is 2. The van der Waals surface area contributed by atoms with Gasteiger partial charge in [0.15, 0.2) is 0 Å². The van der Waals surface area contributed by atoms with Crippen molar-refractivity contribution >= 4 is 5.97 Å². The fourth-order valence-electron chi connectivity index (χ4n) is 4.20. The molecule has 2 unspecified atom stereocenters. The number of carbonyl (C=O) groups is 1. The molecule has 0 fully saturated rings. The molecule has 0 aromatic carbocycles. The highest BCUT2D eigenvalue weighted by Gasteiger charge is 2.13. The molecule has 33 heavy (non-hydrogen) atoms. The first-order valence-electron chi connectivity index (χ1n) is 14.2. The molecule has 5 nitrogen and oxygen atoms in total. The Bertz CT molecular complexity index is 402. The van der Waals surface area contributed by atoms with E-state index >= 15 is 0 Å². The molecule has 0 bridgehead atoms. The summed E-state index contributed by atoms with van der Waals surface area (Å²) in [6.07, 6.45) is 24.0. The molecule has 198 valence electrons. The van der Waals surface area contributed by atoms with Crippen LogP contribution in [-0.2, 0) is 14.3 Å². The Morgan fingerprint density at radius 1 is 0.636 bits per heavy atom. The van der Waals surface area contributed by atoms with Gasteiger partial charge >= 0.3 is 5.97 Å². The molecule has 0 rings (SSSR count). The predicted octanol–water partition coefficient (Wildman–Crippen LogP) is 7.68. The van der Waals surface area contributed by atoms with Gasteiger partial charge in [0, 0.05) is 0 Å². The number of aliphatic carboxylic acids is 1. The van der Waals surface area contributed by atoms with E-state index in [-0.39, 0.29) is 19.3 Å². The summed E-state index contributed by atoms with van der Waals surface area (Å²) in [6, 6.07) is 0. The number of aliphatic hydroxyl groups excluding tert-OH is 1. The van der Waals surface area contributed by atoms with Crippen LogP contribution in [0.4, 0.5) is 0 Å². The van der Waals surface area contributed by atoms with Crippen molar-refractivity contribution in [1.82, 2.24) is 0 Å². The number of ether oxygens (including phenoxy) is 2. The van der Waals surface area contributed by atoms with Gasteiger partial charge in [0.25, 0.3) is 0 Å². The third-order valence-electron chi connectivity index (χ3n) is 6.32. The van der Waals surface area contributed by atoms with Crippen molar-refractivity contribution in [1.29, 1.82) is 0 Å². The molecular formula is C28H56O5. The second-order valence-corrected chi connectivity index (χ2v) is 9.75. The van der Waals surface area contributed by atoms with Gasteiger partial charge in [-0.2, -0.15) is 0 Å². The van der Waals surface area contributed by atoms with Gasteiger partial charge in [0.2, 0.25) is 0 Å². The Morgan fingerprint density at radius 3 is 1.52 bits per heavy atom. The molecular weight excluding hydrogens is 416 g/mol. The molecule has 0 aliphatic heterocycles. The quantitative estimate of drug-likeness (QED) is 0.120. The lowest BCUT2D eigenvalue weighted by atomic mass is 10.0. The first-order chi connectivity index (χ1) is 16.1. The largest absolute Gasteiger partial charge is 0.480 e. The Kier molecular flexibility index (Phi) is 25.5. The van der Waals surface area contributed by atoms with Crippen LogP contribution in [0.3, 0.4) is 0 Å².